The second kappa shape index (κ2) is 6.73. The predicted molar refractivity (Wildman–Crippen MR) is 85.2 cm³/mol. The maximum absolute atomic E-state index is 5.69. The molecule has 19 heavy (non-hydrogen) atoms. The SMILES string of the molecule is CCN(Cc1ccccc1)c1ccc(CN)c(Br)c1. The van der Waals surface area contributed by atoms with Crippen LogP contribution in [0.3, 0.4) is 0 Å². The monoisotopic (exact) mass is 318 g/mol. The smallest absolute Gasteiger partial charge is 0.0429 e. The zero-order valence-corrected chi connectivity index (χ0v) is 12.7. The lowest BCUT2D eigenvalue weighted by molar-refractivity contribution is 0.830. The van der Waals surface area contributed by atoms with Crippen LogP contribution in [-0.2, 0) is 13.1 Å². The summed E-state index contributed by atoms with van der Waals surface area (Å²) in [6.45, 7) is 4.63. The molecule has 0 spiro atoms. The number of rotatable bonds is 5. The normalized spacial score (nSPS) is 10.5. The van der Waals surface area contributed by atoms with Gasteiger partial charge in [-0.25, -0.2) is 0 Å². The van der Waals surface area contributed by atoms with E-state index in [-0.39, 0.29) is 0 Å². The molecule has 0 aliphatic rings. The van der Waals surface area contributed by atoms with Crippen LogP contribution in [0.4, 0.5) is 5.69 Å². The van der Waals surface area contributed by atoms with Crippen molar-refractivity contribution in [1.29, 1.82) is 0 Å². The third-order valence-electron chi connectivity index (χ3n) is 3.22. The molecule has 0 unspecified atom stereocenters. The maximum atomic E-state index is 5.69. The highest BCUT2D eigenvalue weighted by atomic mass is 79.9. The van der Waals surface area contributed by atoms with Gasteiger partial charge in [-0.05, 0) is 30.2 Å². The molecule has 2 aromatic carbocycles. The molecule has 0 radical (unpaired) electrons. The van der Waals surface area contributed by atoms with Crippen LogP contribution in [0.1, 0.15) is 18.1 Å². The van der Waals surface area contributed by atoms with E-state index in [1.807, 2.05) is 6.07 Å². The molecule has 2 N–H and O–H groups in total. The van der Waals surface area contributed by atoms with Crippen LogP contribution in [0.25, 0.3) is 0 Å². The average Bonchev–Trinajstić information content (AvgIpc) is 2.46. The van der Waals surface area contributed by atoms with Crippen LogP contribution >= 0.6 is 15.9 Å². The van der Waals surface area contributed by atoms with Crippen molar-refractivity contribution in [2.45, 2.75) is 20.0 Å². The number of nitrogens with two attached hydrogens (primary N) is 1. The summed E-state index contributed by atoms with van der Waals surface area (Å²) in [6.07, 6.45) is 0. The molecule has 0 saturated carbocycles. The molecule has 0 aromatic heterocycles. The first kappa shape index (κ1) is 14.1. The van der Waals surface area contributed by atoms with Crippen molar-refractivity contribution in [1.82, 2.24) is 0 Å². The van der Waals surface area contributed by atoms with Crippen molar-refractivity contribution in [2.75, 3.05) is 11.4 Å². The topological polar surface area (TPSA) is 29.3 Å². The van der Waals surface area contributed by atoms with E-state index in [4.69, 9.17) is 5.73 Å². The average molecular weight is 319 g/mol. The lowest BCUT2D eigenvalue weighted by Gasteiger charge is -2.24. The first-order valence-corrected chi connectivity index (χ1v) is 7.31. The van der Waals surface area contributed by atoms with Gasteiger partial charge in [0.15, 0.2) is 0 Å². The fourth-order valence-electron chi connectivity index (χ4n) is 2.09. The van der Waals surface area contributed by atoms with E-state index in [0.29, 0.717) is 6.54 Å². The van der Waals surface area contributed by atoms with E-state index in [1.165, 1.54) is 11.3 Å². The van der Waals surface area contributed by atoms with Gasteiger partial charge in [-0.1, -0.05) is 52.3 Å². The minimum absolute atomic E-state index is 0.561. The summed E-state index contributed by atoms with van der Waals surface area (Å²) >= 11 is 3.58. The lowest BCUT2D eigenvalue weighted by Crippen LogP contribution is -2.22. The third kappa shape index (κ3) is 3.58. The quantitative estimate of drug-likeness (QED) is 0.904. The van der Waals surface area contributed by atoms with Crippen LogP contribution < -0.4 is 10.6 Å². The van der Waals surface area contributed by atoms with Gasteiger partial charge in [-0.2, -0.15) is 0 Å². The number of benzene rings is 2. The molecule has 0 fully saturated rings. The van der Waals surface area contributed by atoms with Gasteiger partial charge in [-0.3, -0.25) is 0 Å². The van der Waals surface area contributed by atoms with Crippen LogP contribution in [0.2, 0.25) is 0 Å². The van der Waals surface area contributed by atoms with Crippen molar-refractivity contribution in [3.05, 3.63) is 64.1 Å². The fraction of sp³-hybridized carbons (Fsp3) is 0.250. The van der Waals surface area contributed by atoms with Crippen LogP contribution in [0.15, 0.2) is 53.0 Å². The Kier molecular flexibility index (Phi) is 5.00. The molecule has 2 rings (SSSR count). The number of anilines is 1. The van der Waals surface area contributed by atoms with Crippen LogP contribution in [0.5, 0.6) is 0 Å². The number of hydrogen-bond donors (Lipinski definition) is 1. The highest BCUT2D eigenvalue weighted by Gasteiger charge is 2.07. The first-order chi connectivity index (χ1) is 9.24. The zero-order valence-electron chi connectivity index (χ0n) is 11.1. The van der Waals surface area contributed by atoms with E-state index < -0.39 is 0 Å². The molecule has 0 aliphatic carbocycles. The van der Waals surface area contributed by atoms with Gasteiger partial charge in [0.1, 0.15) is 0 Å². The largest absolute Gasteiger partial charge is 0.367 e. The van der Waals surface area contributed by atoms with Gasteiger partial charge in [0, 0.05) is 29.8 Å². The minimum atomic E-state index is 0.561. The van der Waals surface area contributed by atoms with Crippen molar-refractivity contribution >= 4 is 21.6 Å². The molecule has 0 bridgehead atoms. The standard InChI is InChI=1S/C16H19BrN2/c1-2-19(12-13-6-4-3-5-7-13)15-9-8-14(11-18)16(17)10-15/h3-10H,2,11-12,18H2,1H3. The molecular weight excluding hydrogens is 300 g/mol. The Morgan fingerprint density at radius 3 is 2.42 bits per heavy atom. The summed E-state index contributed by atoms with van der Waals surface area (Å²) in [6, 6.07) is 16.9. The van der Waals surface area contributed by atoms with E-state index in [1.54, 1.807) is 0 Å². The second-order valence-electron chi connectivity index (χ2n) is 4.48. The molecule has 0 saturated heterocycles. The molecular formula is C16H19BrN2. The van der Waals surface area contributed by atoms with Crippen LogP contribution in [-0.4, -0.2) is 6.54 Å². The molecule has 3 heteroatoms. The van der Waals surface area contributed by atoms with Gasteiger partial charge < -0.3 is 10.6 Å². The summed E-state index contributed by atoms with van der Waals surface area (Å²) in [5.41, 5.74) is 9.37. The first-order valence-electron chi connectivity index (χ1n) is 6.52. The fourth-order valence-corrected chi connectivity index (χ4v) is 2.62. The van der Waals surface area contributed by atoms with Gasteiger partial charge in [0.25, 0.3) is 0 Å². The number of nitrogens with zero attached hydrogens (tertiary/aromatic N) is 1. The Balaban J connectivity index is 2.20. The third-order valence-corrected chi connectivity index (χ3v) is 3.96. The van der Waals surface area contributed by atoms with E-state index in [9.17, 15) is 0 Å². The second-order valence-corrected chi connectivity index (χ2v) is 5.33. The van der Waals surface area contributed by atoms with Gasteiger partial charge in [0.05, 0.1) is 0 Å². The molecule has 0 aliphatic heterocycles. The van der Waals surface area contributed by atoms with Crippen molar-refractivity contribution in [3.63, 3.8) is 0 Å². The highest BCUT2D eigenvalue weighted by Crippen LogP contribution is 2.25. The van der Waals surface area contributed by atoms with E-state index in [2.05, 4.69) is 70.2 Å². The number of halogens is 1. The summed E-state index contributed by atoms with van der Waals surface area (Å²) in [4.78, 5) is 2.35. The summed E-state index contributed by atoms with van der Waals surface area (Å²) in [7, 11) is 0. The summed E-state index contributed by atoms with van der Waals surface area (Å²) in [5, 5.41) is 0. The van der Waals surface area contributed by atoms with Crippen LogP contribution in [0, 0.1) is 0 Å². The Bertz CT molecular complexity index is 526. The van der Waals surface area contributed by atoms with Crippen molar-refractivity contribution in [3.8, 4) is 0 Å². The van der Waals surface area contributed by atoms with Gasteiger partial charge in [0.2, 0.25) is 0 Å². The Hall–Kier alpha value is -1.32. The van der Waals surface area contributed by atoms with E-state index >= 15 is 0 Å². The maximum Gasteiger partial charge on any atom is 0.0429 e. The van der Waals surface area contributed by atoms with Gasteiger partial charge in [-0.15, -0.1) is 0 Å². The zero-order chi connectivity index (χ0) is 13.7. The van der Waals surface area contributed by atoms with Crippen molar-refractivity contribution < 1.29 is 0 Å². The molecule has 0 heterocycles. The Morgan fingerprint density at radius 2 is 1.84 bits per heavy atom. The summed E-state index contributed by atoms with van der Waals surface area (Å²) in [5.74, 6) is 0. The molecule has 2 nitrogen and oxygen atoms in total. The minimum Gasteiger partial charge on any atom is -0.367 e. The molecule has 2 aromatic rings. The molecule has 100 valence electrons. The number of hydrogen-bond acceptors (Lipinski definition) is 2. The lowest BCUT2D eigenvalue weighted by atomic mass is 10.1. The Morgan fingerprint density at radius 1 is 1.11 bits per heavy atom. The highest BCUT2D eigenvalue weighted by molar-refractivity contribution is 9.10. The van der Waals surface area contributed by atoms with E-state index in [0.717, 1.165) is 23.1 Å². The molecule has 0 atom stereocenters. The summed E-state index contributed by atoms with van der Waals surface area (Å²) < 4.78 is 1.08. The van der Waals surface area contributed by atoms with Crippen molar-refractivity contribution in [2.24, 2.45) is 5.73 Å². The predicted octanol–water partition coefficient (Wildman–Crippen LogP) is 3.93. The Labute approximate surface area is 123 Å². The van der Waals surface area contributed by atoms with Gasteiger partial charge >= 0.3 is 0 Å². The molecule has 0 amide bonds.